The molecule has 0 fully saturated rings. The van der Waals surface area contributed by atoms with Crippen LogP contribution in [0.5, 0.6) is 0 Å². The summed E-state index contributed by atoms with van der Waals surface area (Å²) in [6.07, 6.45) is 0. The Balaban J connectivity index is 2.55. The fraction of sp³-hybridized carbons (Fsp3) is 0. The molecule has 0 spiro atoms. The zero-order chi connectivity index (χ0) is 14.0. The fourth-order valence-electron chi connectivity index (χ4n) is 1.58. The molecule has 0 atom stereocenters. The topological polar surface area (TPSA) is 87.5 Å². The minimum atomic E-state index is -1.27. The monoisotopic (exact) mass is 261 g/mol. The number of carbonyl (C=O) groups is 2. The Bertz CT molecular complexity index is 669. The molecule has 0 unspecified atom stereocenters. The van der Waals surface area contributed by atoms with Crippen LogP contribution in [0.25, 0.3) is 11.3 Å². The second-order valence-electron chi connectivity index (χ2n) is 3.75. The molecule has 0 aliphatic carbocycles. The number of carboxylic acids is 2. The zero-order valence-corrected chi connectivity index (χ0v) is 9.50. The van der Waals surface area contributed by atoms with Gasteiger partial charge in [0.2, 0.25) is 0 Å². The van der Waals surface area contributed by atoms with Gasteiger partial charge in [0, 0.05) is 5.56 Å². The Morgan fingerprint density at radius 3 is 2.42 bits per heavy atom. The number of nitrogens with zero attached hydrogens (tertiary/aromatic N) is 1. The van der Waals surface area contributed by atoms with Crippen LogP contribution >= 0.6 is 0 Å². The highest BCUT2D eigenvalue weighted by atomic mass is 19.1. The lowest BCUT2D eigenvalue weighted by molar-refractivity contribution is 0.0682. The van der Waals surface area contributed by atoms with Gasteiger partial charge in [0.25, 0.3) is 0 Å². The summed E-state index contributed by atoms with van der Waals surface area (Å²) < 4.78 is 13.3. The standard InChI is InChI=1S/C13H8FNO4/c14-9-5-7(4-8(6-9)12(16)17)10-2-1-3-11(15-10)13(18)19/h1-6H,(H,16,17)(H,18,19). The molecule has 19 heavy (non-hydrogen) atoms. The normalized spacial score (nSPS) is 10.2. The molecule has 1 heterocycles. The van der Waals surface area contributed by atoms with Crippen LogP contribution in [0.2, 0.25) is 0 Å². The Morgan fingerprint density at radius 1 is 1.05 bits per heavy atom. The van der Waals surface area contributed by atoms with Gasteiger partial charge in [-0.25, -0.2) is 19.0 Å². The van der Waals surface area contributed by atoms with Crippen LogP contribution in [0.3, 0.4) is 0 Å². The van der Waals surface area contributed by atoms with Crippen LogP contribution in [0.4, 0.5) is 4.39 Å². The van der Waals surface area contributed by atoms with Crippen molar-refractivity contribution in [1.82, 2.24) is 4.98 Å². The van der Waals surface area contributed by atoms with E-state index in [4.69, 9.17) is 10.2 Å². The Labute approximate surface area is 107 Å². The highest BCUT2D eigenvalue weighted by Gasteiger charge is 2.11. The average molecular weight is 261 g/mol. The summed E-state index contributed by atoms with van der Waals surface area (Å²) in [5.74, 6) is -3.20. The van der Waals surface area contributed by atoms with Gasteiger partial charge in [0.05, 0.1) is 11.3 Å². The van der Waals surface area contributed by atoms with Gasteiger partial charge in [-0.15, -0.1) is 0 Å². The lowest BCUT2D eigenvalue weighted by Gasteiger charge is -2.04. The predicted octanol–water partition coefficient (Wildman–Crippen LogP) is 2.28. The largest absolute Gasteiger partial charge is 0.478 e. The number of benzene rings is 1. The average Bonchev–Trinajstić information content (AvgIpc) is 2.38. The van der Waals surface area contributed by atoms with Gasteiger partial charge >= 0.3 is 11.9 Å². The van der Waals surface area contributed by atoms with Gasteiger partial charge in [-0.05, 0) is 30.3 Å². The van der Waals surface area contributed by atoms with Crippen molar-refractivity contribution in [2.24, 2.45) is 0 Å². The second-order valence-corrected chi connectivity index (χ2v) is 3.75. The van der Waals surface area contributed by atoms with Crippen LogP contribution in [0.15, 0.2) is 36.4 Å². The number of aromatic carboxylic acids is 2. The van der Waals surface area contributed by atoms with Crippen molar-refractivity contribution in [3.8, 4) is 11.3 Å². The minimum absolute atomic E-state index is 0.196. The van der Waals surface area contributed by atoms with Crippen molar-refractivity contribution >= 4 is 11.9 Å². The van der Waals surface area contributed by atoms with Crippen molar-refractivity contribution in [3.63, 3.8) is 0 Å². The third kappa shape index (κ3) is 2.74. The first-order valence-electron chi connectivity index (χ1n) is 5.22. The summed E-state index contributed by atoms with van der Waals surface area (Å²) >= 11 is 0. The summed E-state index contributed by atoms with van der Waals surface area (Å²) in [6, 6.07) is 7.44. The van der Waals surface area contributed by atoms with Crippen molar-refractivity contribution in [1.29, 1.82) is 0 Å². The first-order chi connectivity index (χ1) is 8.97. The zero-order valence-electron chi connectivity index (χ0n) is 9.50. The maximum Gasteiger partial charge on any atom is 0.354 e. The van der Waals surface area contributed by atoms with Crippen LogP contribution in [0.1, 0.15) is 20.8 Å². The Kier molecular flexibility index (Phi) is 3.24. The SMILES string of the molecule is O=C(O)c1cc(F)cc(-c2cccc(C(=O)O)n2)c1. The number of aromatic nitrogens is 1. The molecule has 0 saturated carbocycles. The number of rotatable bonds is 3. The molecule has 1 aromatic carbocycles. The molecule has 0 radical (unpaired) electrons. The third-order valence-corrected chi connectivity index (χ3v) is 2.41. The summed E-state index contributed by atoms with van der Waals surface area (Å²) in [6.45, 7) is 0. The van der Waals surface area contributed by atoms with Gasteiger partial charge < -0.3 is 10.2 Å². The van der Waals surface area contributed by atoms with E-state index in [9.17, 15) is 14.0 Å². The van der Waals surface area contributed by atoms with Crippen molar-refractivity contribution in [2.75, 3.05) is 0 Å². The molecular formula is C13H8FNO4. The molecule has 2 rings (SSSR count). The first-order valence-corrected chi connectivity index (χ1v) is 5.22. The van der Waals surface area contributed by atoms with Gasteiger partial charge in [-0.3, -0.25) is 0 Å². The Hall–Kier alpha value is -2.76. The maximum absolute atomic E-state index is 13.3. The van der Waals surface area contributed by atoms with Crippen molar-refractivity contribution in [3.05, 3.63) is 53.5 Å². The number of pyridine rings is 1. The van der Waals surface area contributed by atoms with Crippen LogP contribution < -0.4 is 0 Å². The second kappa shape index (κ2) is 4.85. The van der Waals surface area contributed by atoms with E-state index < -0.39 is 17.8 Å². The molecule has 0 amide bonds. The van der Waals surface area contributed by atoms with Crippen molar-refractivity contribution in [2.45, 2.75) is 0 Å². The lowest BCUT2D eigenvalue weighted by atomic mass is 10.1. The molecule has 0 aliphatic rings. The maximum atomic E-state index is 13.3. The number of hydrogen-bond donors (Lipinski definition) is 2. The highest BCUT2D eigenvalue weighted by molar-refractivity contribution is 5.89. The third-order valence-electron chi connectivity index (χ3n) is 2.41. The first kappa shape index (κ1) is 12.7. The van der Waals surface area contributed by atoms with E-state index in [1.54, 1.807) is 0 Å². The van der Waals surface area contributed by atoms with Crippen LogP contribution in [0, 0.1) is 5.82 Å². The van der Waals surface area contributed by atoms with Gasteiger partial charge in [0.1, 0.15) is 11.5 Å². The number of carboxylic acid groups (broad SMARTS) is 2. The quantitative estimate of drug-likeness (QED) is 0.884. The van der Waals surface area contributed by atoms with Gasteiger partial charge in [0.15, 0.2) is 0 Å². The number of hydrogen-bond acceptors (Lipinski definition) is 3. The lowest BCUT2D eigenvalue weighted by Crippen LogP contribution is -2.02. The van der Waals surface area contributed by atoms with E-state index in [-0.39, 0.29) is 22.5 Å². The molecule has 96 valence electrons. The molecule has 2 aromatic rings. The van der Waals surface area contributed by atoms with Crippen molar-refractivity contribution < 1.29 is 24.2 Å². The molecule has 1 aromatic heterocycles. The highest BCUT2D eigenvalue weighted by Crippen LogP contribution is 2.20. The number of halogens is 1. The Morgan fingerprint density at radius 2 is 1.79 bits per heavy atom. The summed E-state index contributed by atoms with van der Waals surface area (Å²) in [7, 11) is 0. The summed E-state index contributed by atoms with van der Waals surface area (Å²) in [4.78, 5) is 25.5. The van der Waals surface area contributed by atoms with Crippen LogP contribution in [-0.4, -0.2) is 27.1 Å². The molecule has 0 bridgehead atoms. The van der Waals surface area contributed by atoms with E-state index in [2.05, 4.69) is 4.98 Å². The van der Waals surface area contributed by atoms with E-state index in [1.807, 2.05) is 0 Å². The summed E-state index contributed by atoms with van der Waals surface area (Å²) in [5, 5.41) is 17.7. The van der Waals surface area contributed by atoms with E-state index in [1.165, 1.54) is 24.3 Å². The smallest absolute Gasteiger partial charge is 0.354 e. The molecule has 6 heteroatoms. The summed E-state index contributed by atoms with van der Waals surface area (Å²) in [5.41, 5.74) is -0.0152. The fourth-order valence-corrected chi connectivity index (χ4v) is 1.58. The molecule has 0 saturated heterocycles. The van der Waals surface area contributed by atoms with E-state index in [0.717, 1.165) is 12.1 Å². The molecule has 0 aliphatic heterocycles. The van der Waals surface area contributed by atoms with E-state index >= 15 is 0 Å². The van der Waals surface area contributed by atoms with E-state index in [0.29, 0.717) is 0 Å². The predicted molar refractivity (Wildman–Crippen MR) is 63.5 cm³/mol. The molecule has 5 nitrogen and oxygen atoms in total. The van der Waals surface area contributed by atoms with Crippen LogP contribution in [-0.2, 0) is 0 Å². The van der Waals surface area contributed by atoms with Gasteiger partial charge in [-0.1, -0.05) is 6.07 Å². The van der Waals surface area contributed by atoms with Gasteiger partial charge in [-0.2, -0.15) is 0 Å². The molecule has 2 N–H and O–H groups in total. The molecular weight excluding hydrogens is 253 g/mol. The minimum Gasteiger partial charge on any atom is -0.478 e.